The van der Waals surface area contributed by atoms with Crippen LogP contribution >= 0.6 is 38.6 Å². The molecule has 1 aliphatic heterocycles. The van der Waals surface area contributed by atoms with E-state index in [1.165, 1.54) is 11.3 Å². The highest BCUT2D eigenvalue weighted by molar-refractivity contribution is 9.10. The molecule has 0 aliphatic carbocycles. The minimum Gasteiger partial charge on any atom is -0.496 e. The van der Waals surface area contributed by atoms with Crippen molar-refractivity contribution >= 4 is 50.6 Å². The average Bonchev–Trinajstić information content (AvgIpc) is 3.56. The molecule has 0 amide bonds. The van der Waals surface area contributed by atoms with Gasteiger partial charge in [0.25, 0.3) is 5.56 Å². The number of ether oxygens (including phenoxy) is 2. The normalized spacial score (nSPS) is 14.8. The standard InChI is InChI=1S/C33H33BrN4O4S2/c1-8-10-25-28(32(40)42-9-2)29(23-15-22(34)11-12-26(23)41-7)38-30(39)27(44-33(38)36-25)14-21-13-17(3)37(19(21)5)31-24(16-35)18(4)20(6)43-31/h11-15,29H,8-10H2,1-7H3/b27-14-/t29-/m0/s1. The number of methoxy groups -OCH3 is 1. The van der Waals surface area contributed by atoms with E-state index in [0.29, 0.717) is 43.9 Å². The zero-order chi connectivity index (χ0) is 31.9. The van der Waals surface area contributed by atoms with Crippen molar-refractivity contribution in [3.8, 4) is 16.8 Å². The Morgan fingerprint density at radius 1 is 1.18 bits per heavy atom. The van der Waals surface area contributed by atoms with Gasteiger partial charge in [0.15, 0.2) is 4.80 Å². The van der Waals surface area contributed by atoms with Gasteiger partial charge in [-0.15, -0.1) is 11.3 Å². The largest absolute Gasteiger partial charge is 0.496 e. The van der Waals surface area contributed by atoms with E-state index >= 15 is 0 Å². The lowest BCUT2D eigenvalue weighted by Gasteiger charge is -2.27. The molecule has 5 rings (SSSR count). The van der Waals surface area contributed by atoms with Crippen molar-refractivity contribution in [3.63, 3.8) is 0 Å². The first kappa shape index (κ1) is 31.7. The smallest absolute Gasteiger partial charge is 0.338 e. The van der Waals surface area contributed by atoms with E-state index in [2.05, 4.69) is 26.6 Å². The van der Waals surface area contributed by atoms with Gasteiger partial charge in [-0.1, -0.05) is 40.6 Å². The van der Waals surface area contributed by atoms with Crippen LogP contribution in [0, 0.1) is 39.0 Å². The van der Waals surface area contributed by atoms with E-state index < -0.39 is 12.0 Å². The number of benzene rings is 1. The van der Waals surface area contributed by atoms with Gasteiger partial charge in [-0.2, -0.15) is 5.26 Å². The molecule has 228 valence electrons. The topological polar surface area (TPSA) is 98.6 Å². The van der Waals surface area contributed by atoms with Gasteiger partial charge >= 0.3 is 5.97 Å². The maximum atomic E-state index is 14.3. The molecule has 44 heavy (non-hydrogen) atoms. The van der Waals surface area contributed by atoms with E-state index in [9.17, 15) is 14.9 Å². The number of carbonyl (C=O) groups is 1. The Hall–Kier alpha value is -3.72. The van der Waals surface area contributed by atoms with Gasteiger partial charge in [0.1, 0.15) is 22.9 Å². The van der Waals surface area contributed by atoms with Gasteiger partial charge < -0.3 is 14.0 Å². The number of esters is 1. The average molecular weight is 694 g/mol. The fourth-order valence-corrected chi connectivity index (χ4v) is 8.23. The number of nitriles is 1. The first-order valence-electron chi connectivity index (χ1n) is 14.3. The Bertz CT molecular complexity index is 2060. The molecule has 0 N–H and O–H groups in total. The van der Waals surface area contributed by atoms with Crippen molar-refractivity contribution in [1.82, 2.24) is 9.13 Å². The summed E-state index contributed by atoms with van der Waals surface area (Å²) in [5, 5.41) is 10.8. The predicted octanol–water partition coefficient (Wildman–Crippen LogP) is 6.31. The molecule has 0 fully saturated rings. The van der Waals surface area contributed by atoms with Crippen LogP contribution in [0.3, 0.4) is 0 Å². The van der Waals surface area contributed by atoms with Crippen molar-refractivity contribution in [2.75, 3.05) is 13.7 Å². The SMILES string of the molecule is CCCC1=C(C(=O)OCC)[C@H](c2cc(Br)ccc2OC)n2c(s/c(=C\c3cc(C)n(-c4sc(C)c(C)c4C#N)c3C)c2=O)=N1. The zero-order valence-electron chi connectivity index (χ0n) is 25.7. The van der Waals surface area contributed by atoms with Crippen molar-refractivity contribution < 1.29 is 14.3 Å². The quantitative estimate of drug-likeness (QED) is 0.202. The van der Waals surface area contributed by atoms with E-state index in [-0.39, 0.29) is 12.2 Å². The molecule has 0 spiro atoms. The number of rotatable bonds is 8. The number of halogens is 1. The monoisotopic (exact) mass is 692 g/mol. The lowest BCUT2D eigenvalue weighted by Crippen LogP contribution is -2.40. The Kier molecular flexibility index (Phi) is 9.16. The molecule has 0 saturated heterocycles. The zero-order valence-corrected chi connectivity index (χ0v) is 28.9. The van der Waals surface area contributed by atoms with Crippen molar-refractivity contribution in [3.05, 3.63) is 98.2 Å². The van der Waals surface area contributed by atoms with Crippen LogP contribution in [0.4, 0.5) is 0 Å². The number of thiazole rings is 1. The van der Waals surface area contributed by atoms with Crippen LogP contribution in [-0.4, -0.2) is 28.8 Å². The minimum absolute atomic E-state index is 0.195. The maximum Gasteiger partial charge on any atom is 0.338 e. The van der Waals surface area contributed by atoms with Crippen LogP contribution in [0.25, 0.3) is 11.1 Å². The van der Waals surface area contributed by atoms with Crippen molar-refractivity contribution in [2.45, 2.75) is 60.4 Å². The third-order valence-corrected chi connectivity index (χ3v) is 10.5. The Morgan fingerprint density at radius 3 is 2.59 bits per heavy atom. The van der Waals surface area contributed by atoms with E-state index in [0.717, 1.165) is 43.3 Å². The summed E-state index contributed by atoms with van der Waals surface area (Å²) in [6, 6.07) is 9.16. The van der Waals surface area contributed by atoms with Gasteiger partial charge in [-0.25, -0.2) is 9.79 Å². The van der Waals surface area contributed by atoms with Gasteiger partial charge in [-0.05, 0) is 82.5 Å². The van der Waals surface area contributed by atoms with Crippen LogP contribution in [-0.2, 0) is 9.53 Å². The summed E-state index contributed by atoms with van der Waals surface area (Å²) in [7, 11) is 1.57. The van der Waals surface area contributed by atoms with Crippen LogP contribution < -0.4 is 19.6 Å². The van der Waals surface area contributed by atoms with Gasteiger partial charge in [0.2, 0.25) is 0 Å². The fourth-order valence-electron chi connectivity index (χ4n) is 5.62. The molecular weight excluding hydrogens is 660 g/mol. The molecule has 4 aromatic rings. The molecule has 11 heteroatoms. The summed E-state index contributed by atoms with van der Waals surface area (Å²) in [5.74, 6) is 0.0464. The molecule has 1 aromatic carbocycles. The fraction of sp³-hybridized carbons (Fsp3) is 0.333. The van der Waals surface area contributed by atoms with Crippen molar-refractivity contribution in [2.24, 2.45) is 4.99 Å². The highest BCUT2D eigenvalue weighted by atomic mass is 79.9. The lowest BCUT2D eigenvalue weighted by atomic mass is 9.93. The van der Waals surface area contributed by atoms with Gasteiger partial charge in [0.05, 0.1) is 35.1 Å². The molecule has 0 bridgehead atoms. The molecular formula is C33H33BrN4O4S2. The van der Waals surface area contributed by atoms with Crippen LogP contribution in [0.2, 0.25) is 0 Å². The van der Waals surface area contributed by atoms with E-state index in [1.807, 2.05) is 65.0 Å². The van der Waals surface area contributed by atoms with Crippen molar-refractivity contribution in [1.29, 1.82) is 5.26 Å². The molecule has 8 nitrogen and oxygen atoms in total. The predicted molar refractivity (Wildman–Crippen MR) is 178 cm³/mol. The number of carbonyl (C=O) groups excluding carboxylic acids is 1. The second-order valence-corrected chi connectivity index (χ2v) is 13.7. The van der Waals surface area contributed by atoms with E-state index in [4.69, 9.17) is 14.5 Å². The third-order valence-electron chi connectivity index (χ3n) is 7.82. The molecule has 0 unspecified atom stereocenters. The maximum absolute atomic E-state index is 14.3. The molecule has 1 aliphatic rings. The summed E-state index contributed by atoms with van der Waals surface area (Å²) in [6.45, 7) is 12.0. The summed E-state index contributed by atoms with van der Waals surface area (Å²) in [4.78, 5) is 34.3. The lowest BCUT2D eigenvalue weighted by molar-refractivity contribution is -0.139. The highest BCUT2D eigenvalue weighted by Crippen LogP contribution is 2.38. The number of hydrogen-bond donors (Lipinski definition) is 0. The number of aryl methyl sites for hydroxylation is 2. The number of allylic oxidation sites excluding steroid dienone is 1. The minimum atomic E-state index is -0.788. The molecule has 1 atom stereocenters. The summed E-state index contributed by atoms with van der Waals surface area (Å²) in [6.07, 6.45) is 3.19. The van der Waals surface area contributed by atoms with Gasteiger partial charge in [-0.3, -0.25) is 9.36 Å². The third kappa shape index (κ3) is 5.40. The Morgan fingerprint density at radius 2 is 1.93 bits per heavy atom. The summed E-state index contributed by atoms with van der Waals surface area (Å²) in [5.41, 5.74) is 5.76. The van der Waals surface area contributed by atoms with Crippen LogP contribution in [0.5, 0.6) is 5.75 Å². The number of fused-ring (bicyclic) bond motifs is 1. The second kappa shape index (κ2) is 12.7. The molecule has 3 aromatic heterocycles. The molecule has 0 saturated carbocycles. The second-order valence-electron chi connectivity index (χ2n) is 10.5. The van der Waals surface area contributed by atoms with E-state index in [1.54, 1.807) is 29.9 Å². The highest BCUT2D eigenvalue weighted by Gasteiger charge is 2.36. The van der Waals surface area contributed by atoms with Crippen LogP contribution in [0.1, 0.15) is 71.2 Å². The summed E-state index contributed by atoms with van der Waals surface area (Å²) < 4.78 is 16.2. The number of hydrogen-bond acceptors (Lipinski definition) is 8. The number of nitrogens with zero attached hydrogens (tertiary/aromatic N) is 4. The molecule has 4 heterocycles. The summed E-state index contributed by atoms with van der Waals surface area (Å²) >= 11 is 6.45. The first-order valence-corrected chi connectivity index (χ1v) is 16.7. The van der Waals surface area contributed by atoms with Crippen LogP contribution in [0.15, 0.2) is 49.8 Å². The Labute approximate surface area is 272 Å². The number of thiophene rings is 1. The first-order chi connectivity index (χ1) is 21.1. The number of aromatic nitrogens is 2. The molecule has 0 radical (unpaired) electrons. The van der Waals surface area contributed by atoms with Gasteiger partial charge in [0, 0.05) is 26.3 Å². The Balaban J connectivity index is 1.77.